The van der Waals surface area contributed by atoms with Crippen molar-refractivity contribution in [1.82, 2.24) is 24.7 Å². The molecule has 13 heteroatoms. The second-order valence-corrected chi connectivity index (χ2v) is 9.20. The predicted octanol–water partition coefficient (Wildman–Crippen LogP) is 8.12. The van der Waals surface area contributed by atoms with Crippen LogP contribution in [0.15, 0.2) is 54.6 Å². The van der Waals surface area contributed by atoms with Crippen molar-refractivity contribution in [2.24, 2.45) is 0 Å². The van der Waals surface area contributed by atoms with Gasteiger partial charge < -0.3 is 4.74 Å². The minimum Gasteiger partial charge on any atom is -0.497 e. The summed E-state index contributed by atoms with van der Waals surface area (Å²) in [6, 6.07) is 12.6. The fourth-order valence-electron chi connectivity index (χ4n) is 4.02. The van der Waals surface area contributed by atoms with Gasteiger partial charge in [-0.25, -0.2) is 23.7 Å². The van der Waals surface area contributed by atoms with Crippen LogP contribution in [0.5, 0.6) is 5.75 Å². The SMILES string of the molecule is COc1ccc(-c2cc(C(F)(F)F)nc(-n3nc(C)c4c(C(F)F)cc(-c5ccc(Cl)c(Cl)c5)nc43)n2)cc1. The van der Waals surface area contributed by atoms with Gasteiger partial charge in [-0.1, -0.05) is 29.3 Å². The van der Waals surface area contributed by atoms with Crippen molar-refractivity contribution in [2.75, 3.05) is 7.11 Å². The Balaban J connectivity index is 1.78. The molecule has 0 amide bonds. The third kappa shape index (κ3) is 5.11. The molecule has 0 N–H and O–H groups in total. The van der Waals surface area contributed by atoms with Gasteiger partial charge in [0.1, 0.15) is 5.75 Å². The number of aromatic nitrogens is 5. The molecule has 0 atom stereocenters. The zero-order valence-corrected chi connectivity index (χ0v) is 21.6. The van der Waals surface area contributed by atoms with Gasteiger partial charge in [-0.3, -0.25) is 0 Å². The molecule has 0 fully saturated rings. The van der Waals surface area contributed by atoms with E-state index in [-0.39, 0.29) is 38.2 Å². The lowest BCUT2D eigenvalue weighted by atomic mass is 10.1. The average molecular weight is 580 g/mol. The molecule has 0 aliphatic heterocycles. The lowest BCUT2D eigenvalue weighted by Gasteiger charge is -2.12. The zero-order valence-electron chi connectivity index (χ0n) is 20.1. The fourth-order valence-corrected chi connectivity index (χ4v) is 4.32. The van der Waals surface area contributed by atoms with Crippen LogP contribution in [0.25, 0.3) is 39.5 Å². The smallest absolute Gasteiger partial charge is 0.433 e. The molecule has 0 aliphatic carbocycles. The highest BCUT2D eigenvalue weighted by Gasteiger charge is 2.34. The minimum atomic E-state index is -4.83. The van der Waals surface area contributed by atoms with Gasteiger partial charge in [-0.2, -0.15) is 23.0 Å². The van der Waals surface area contributed by atoms with Crippen molar-refractivity contribution in [2.45, 2.75) is 19.5 Å². The second kappa shape index (κ2) is 10.0. The Hall–Kier alpha value is -3.83. The van der Waals surface area contributed by atoms with Crippen LogP contribution in [-0.4, -0.2) is 31.8 Å². The van der Waals surface area contributed by atoms with E-state index in [0.29, 0.717) is 16.9 Å². The third-order valence-electron chi connectivity index (χ3n) is 5.87. The number of halogens is 7. The Bertz CT molecular complexity index is 1700. The van der Waals surface area contributed by atoms with E-state index in [0.717, 1.165) is 10.7 Å². The van der Waals surface area contributed by atoms with Gasteiger partial charge in [0.05, 0.1) is 39.6 Å². The van der Waals surface area contributed by atoms with Crippen molar-refractivity contribution >= 4 is 34.2 Å². The highest BCUT2D eigenvalue weighted by atomic mass is 35.5. The molecule has 3 heterocycles. The number of rotatable bonds is 5. The number of ether oxygens (including phenoxy) is 1. The first-order chi connectivity index (χ1) is 18.5. The first kappa shape index (κ1) is 26.8. The van der Waals surface area contributed by atoms with Gasteiger partial charge in [-0.15, -0.1) is 0 Å². The summed E-state index contributed by atoms with van der Waals surface area (Å²) >= 11 is 12.1. The minimum absolute atomic E-state index is 0.0270. The van der Waals surface area contributed by atoms with E-state index in [2.05, 4.69) is 20.1 Å². The molecule has 0 unspecified atom stereocenters. The third-order valence-corrected chi connectivity index (χ3v) is 6.61. The number of methoxy groups -OCH3 is 1. The standard InChI is InChI=1S/C26H16Cl2F5N5O/c1-12-22-16(23(29)30)10-19(14-5-8-17(27)18(28)9-14)34-24(22)38(37-12)25-35-20(11-21(36-25)26(31,32)33)13-3-6-15(39-2)7-4-13/h3-11,23H,1-2H3. The Morgan fingerprint density at radius 1 is 0.846 bits per heavy atom. The Morgan fingerprint density at radius 2 is 1.51 bits per heavy atom. The molecule has 5 rings (SSSR count). The maximum Gasteiger partial charge on any atom is 0.433 e. The number of benzene rings is 2. The molecule has 200 valence electrons. The molecular formula is C26H16Cl2F5N5O. The van der Waals surface area contributed by atoms with Crippen molar-refractivity contribution in [3.05, 3.63) is 81.6 Å². The largest absolute Gasteiger partial charge is 0.497 e. The molecule has 0 aliphatic rings. The molecule has 0 saturated heterocycles. The van der Waals surface area contributed by atoms with E-state index in [1.807, 2.05) is 0 Å². The van der Waals surface area contributed by atoms with E-state index < -0.39 is 29.8 Å². The first-order valence-electron chi connectivity index (χ1n) is 11.2. The Labute approximate surface area is 228 Å². The van der Waals surface area contributed by atoms with Gasteiger partial charge in [0.25, 0.3) is 12.4 Å². The summed E-state index contributed by atoms with van der Waals surface area (Å²) in [6.45, 7) is 1.45. The Kier molecular flexibility index (Phi) is 6.90. The number of nitrogens with zero attached hydrogens (tertiary/aromatic N) is 5. The fraction of sp³-hybridized carbons (Fsp3) is 0.154. The topological polar surface area (TPSA) is 65.7 Å². The molecule has 2 aromatic carbocycles. The number of pyridine rings is 1. The molecule has 0 bridgehead atoms. The highest BCUT2D eigenvalue weighted by molar-refractivity contribution is 6.42. The Morgan fingerprint density at radius 3 is 2.13 bits per heavy atom. The number of fused-ring (bicyclic) bond motifs is 1. The van der Waals surface area contributed by atoms with Crippen molar-refractivity contribution in [3.63, 3.8) is 0 Å². The average Bonchev–Trinajstić information content (AvgIpc) is 3.25. The number of hydrogen-bond donors (Lipinski definition) is 0. The molecular weight excluding hydrogens is 564 g/mol. The van der Waals surface area contributed by atoms with Crippen LogP contribution < -0.4 is 4.74 Å². The molecule has 0 radical (unpaired) electrons. The maximum atomic E-state index is 14.2. The van der Waals surface area contributed by atoms with Crippen LogP contribution in [0.1, 0.15) is 23.4 Å². The molecule has 0 spiro atoms. The van der Waals surface area contributed by atoms with Crippen molar-refractivity contribution < 1.29 is 26.7 Å². The normalized spacial score (nSPS) is 11.9. The van der Waals surface area contributed by atoms with Crippen LogP contribution in [-0.2, 0) is 6.18 Å². The van der Waals surface area contributed by atoms with E-state index in [1.165, 1.54) is 50.4 Å². The van der Waals surface area contributed by atoms with Gasteiger partial charge in [0.2, 0.25) is 0 Å². The summed E-state index contributed by atoms with van der Waals surface area (Å²) in [5.41, 5.74) is -0.961. The molecule has 3 aromatic heterocycles. The summed E-state index contributed by atoms with van der Waals surface area (Å²) in [4.78, 5) is 12.4. The monoisotopic (exact) mass is 579 g/mol. The maximum absolute atomic E-state index is 14.2. The van der Waals surface area contributed by atoms with Crippen LogP contribution >= 0.6 is 23.2 Å². The molecule has 39 heavy (non-hydrogen) atoms. The quantitative estimate of drug-likeness (QED) is 0.197. The first-order valence-corrected chi connectivity index (χ1v) is 12.0. The van der Waals surface area contributed by atoms with Gasteiger partial charge >= 0.3 is 6.18 Å². The van der Waals surface area contributed by atoms with Gasteiger partial charge in [-0.05, 0) is 55.5 Å². The molecule has 6 nitrogen and oxygen atoms in total. The summed E-state index contributed by atoms with van der Waals surface area (Å²) in [5, 5.41) is 4.61. The van der Waals surface area contributed by atoms with Crippen LogP contribution in [0.2, 0.25) is 10.0 Å². The summed E-state index contributed by atoms with van der Waals surface area (Å²) in [5.74, 6) is 0.00378. The van der Waals surface area contributed by atoms with Crippen LogP contribution in [0.4, 0.5) is 22.0 Å². The van der Waals surface area contributed by atoms with Crippen LogP contribution in [0, 0.1) is 6.92 Å². The van der Waals surface area contributed by atoms with Crippen LogP contribution in [0.3, 0.4) is 0 Å². The lowest BCUT2D eigenvalue weighted by molar-refractivity contribution is -0.141. The van der Waals surface area contributed by atoms with Gasteiger partial charge in [0.15, 0.2) is 11.3 Å². The van der Waals surface area contributed by atoms with Crippen molar-refractivity contribution in [1.29, 1.82) is 0 Å². The van der Waals surface area contributed by atoms with E-state index in [9.17, 15) is 22.0 Å². The van der Waals surface area contributed by atoms with E-state index >= 15 is 0 Å². The second-order valence-electron chi connectivity index (χ2n) is 8.39. The predicted molar refractivity (Wildman–Crippen MR) is 137 cm³/mol. The van der Waals surface area contributed by atoms with E-state index in [4.69, 9.17) is 27.9 Å². The number of hydrogen-bond acceptors (Lipinski definition) is 5. The summed E-state index contributed by atoms with van der Waals surface area (Å²) < 4.78 is 76.0. The number of aryl methyl sites for hydroxylation is 1. The molecule has 0 saturated carbocycles. The van der Waals surface area contributed by atoms with Gasteiger partial charge in [0, 0.05) is 16.7 Å². The summed E-state index contributed by atoms with van der Waals surface area (Å²) in [6.07, 6.45) is -7.77. The highest BCUT2D eigenvalue weighted by Crippen LogP contribution is 2.36. The van der Waals surface area contributed by atoms with Crippen molar-refractivity contribution in [3.8, 4) is 34.2 Å². The van der Waals surface area contributed by atoms with E-state index in [1.54, 1.807) is 12.1 Å². The summed E-state index contributed by atoms with van der Waals surface area (Å²) in [7, 11) is 1.46. The lowest BCUT2D eigenvalue weighted by Crippen LogP contribution is -2.14. The molecule has 5 aromatic rings. The zero-order chi connectivity index (χ0) is 28.1. The number of alkyl halides is 5.